The second kappa shape index (κ2) is 7.84. The molecule has 0 bridgehead atoms. The van der Waals surface area contributed by atoms with Gasteiger partial charge in [-0.05, 0) is 24.0 Å². The summed E-state index contributed by atoms with van der Waals surface area (Å²) in [6.45, 7) is 5.98. The number of carbonyl (C=O) groups is 2. The molecule has 1 saturated heterocycles. The number of aryl methyl sites for hydroxylation is 1. The third-order valence-corrected chi connectivity index (χ3v) is 5.97. The van der Waals surface area contributed by atoms with Crippen molar-refractivity contribution in [1.29, 1.82) is 0 Å². The molecule has 1 aliphatic heterocycles. The van der Waals surface area contributed by atoms with Crippen molar-refractivity contribution in [2.75, 3.05) is 4.90 Å². The minimum atomic E-state index is -0.779. The first-order valence-electron chi connectivity index (χ1n) is 9.65. The van der Waals surface area contributed by atoms with Gasteiger partial charge in [-0.1, -0.05) is 79.8 Å². The molecule has 30 heavy (non-hydrogen) atoms. The van der Waals surface area contributed by atoms with Crippen LogP contribution in [-0.4, -0.2) is 27.0 Å². The lowest BCUT2D eigenvalue weighted by Crippen LogP contribution is -2.29. The number of amides is 1. The third-order valence-electron chi connectivity index (χ3n) is 5.13. The van der Waals surface area contributed by atoms with E-state index in [4.69, 9.17) is 0 Å². The molecule has 2 aromatic carbocycles. The van der Waals surface area contributed by atoms with Crippen molar-refractivity contribution in [3.05, 3.63) is 81.9 Å². The summed E-state index contributed by atoms with van der Waals surface area (Å²) in [5.41, 5.74) is 2.40. The van der Waals surface area contributed by atoms with Crippen LogP contribution < -0.4 is 4.90 Å². The van der Waals surface area contributed by atoms with E-state index >= 15 is 0 Å². The first kappa shape index (κ1) is 20.0. The molecule has 1 N–H and O–H groups in total. The Morgan fingerprint density at radius 3 is 2.27 bits per heavy atom. The summed E-state index contributed by atoms with van der Waals surface area (Å²) in [7, 11) is 0. The number of nitrogens with zero attached hydrogens (tertiary/aromatic N) is 3. The predicted octanol–water partition coefficient (Wildman–Crippen LogP) is 4.60. The average Bonchev–Trinajstić information content (AvgIpc) is 3.29. The molecule has 0 saturated carbocycles. The van der Waals surface area contributed by atoms with Gasteiger partial charge in [0.2, 0.25) is 5.13 Å². The molecule has 152 valence electrons. The smallest absolute Gasteiger partial charge is 0.301 e. The van der Waals surface area contributed by atoms with Crippen LogP contribution in [0.4, 0.5) is 5.13 Å². The normalized spacial score (nSPS) is 18.4. The number of rotatable bonds is 4. The molecule has 1 fully saturated rings. The van der Waals surface area contributed by atoms with Gasteiger partial charge in [-0.3, -0.25) is 14.5 Å². The highest BCUT2D eigenvalue weighted by atomic mass is 32.1. The Morgan fingerprint density at radius 2 is 1.70 bits per heavy atom. The highest BCUT2D eigenvalue weighted by Crippen LogP contribution is 2.43. The van der Waals surface area contributed by atoms with Gasteiger partial charge in [0.15, 0.2) is 0 Å². The van der Waals surface area contributed by atoms with Gasteiger partial charge in [0.05, 0.1) is 11.6 Å². The van der Waals surface area contributed by atoms with Gasteiger partial charge in [0.1, 0.15) is 10.8 Å². The molecule has 0 radical (unpaired) electrons. The number of aliphatic hydroxyl groups excluding tert-OH is 1. The number of aliphatic hydroxyl groups is 1. The zero-order valence-electron chi connectivity index (χ0n) is 16.9. The van der Waals surface area contributed by atoms with Gasteiger partial charge >= 0.3 is 5.91 Å². The van der Waals surface area contributed by atoms with E-state index in [1.54, 1.807) is 31.2 Å². The monoisotopic (exact) mass is 419 g/mol. The summed E-state index contributed by atoms with van der Waals surface area (Å²) >= 11 is 1.23. The Hall–Kier alpha value is -3.32. The summed E-state index contributed by atoms with van der Waals surface area (Å²) in [4.78, 5) is 27.3. The minimum Gasteiger partial charge on any atom is -0.507 e. The second-order valence-electron chi connectivity index (χ2n) is 7.46. The van der Waals surface area contributed by atoms with E-state index in [2.05, 4.69) is 24.0 Å². The minimum absolute atomic E-state index is 0.0522. The molecule has 0 spiro atoms. The Kier molecular flexibility index (Phi) is 5.22. The van der Waals surface area contributed by atoms with E-state index in [9.17, 15) is 14.7 Å². The molecule has 1 aromatic heterocycles. The highest BCUT2D eigenvalue weighted by molar-refractivity contribution is 7.15. The fourth-order valence-electron chi connectivity index (χ4n) is 3.54. The molecule has 1 aliphatic rings. The number of ketones is 1. The van der Waals surface area contributed by atoms with E-state index in [-0.39, 0.29) is 11.3 Å². The summed E-state index contributed by atoms with van der Waals surface area (Å²) in [5, 5.41) is 20.1. The third kappa shape index (κ3) is 3.41. The first-order valence-corrected chi connectivity index (χ1v) is 10.5. The van der Waals surface area contributed by atoms with E-state index in [0.29, 0.717) is 21.6 Å². The van der Waals surface area contributed by atoms with Crippen LogP contribution in [0.3, 0.4) is 0 Å². The first-order chi connectivity index (χ1) is 14.4. The number of carbonyl (C=O) groups excluding carboxylic acids is 2. The zero-order valence-corrected chi connectivity index (χ0v) is 17.7. The van der Waals surface area contributed by atoms with Crippen LogP contribution in [0.25, 0.3) is 5.76 Å². The fraction of sp³-hybridized carbons (Fsp3) is 0.217. The number of hydrogen-bond donors (Lipinski definition) is 1. The van der Waals surface area contributed by atoms with E-state index < -0.39 is 17.7 Å². The summed E-state index contributed by atoms with van der Waals surface area (Å²) < 4.78 is 0. The lowest BCUT2D eigenvalue weighted by atomic mass is 9.93. The Morgan fingerprint density at radius 1 is 1.03 bits per heavy atom. The van der Waals surface area contributed by atoms with Gasteiger partial charge in [-0.2, -0.15) is 0 Å². The van der Waals surface area contributed by atoms with Crippen LogP contribution in [0.1, 0.15) is 47.5 Å². The maximum Gasteiger partial charge on any atom is 0.301 e. The fourth-order valence-corrected chi connectivity index (χ4v) is 4.26. The van der Waals surface area contributed by atoms with E-state index in [0.717, 1.165) is 11.1 Å². The number of benzene rings is 2. The molecule has 2 heterocycles. The van der Waals surface area contributed by atoms with Gasteiger partial charge in [-0.25, -0.2) is 0 Å². The molecule has 1 amide bonds. The van der Waals surface area contributed by atoms with Crippen molar-refractivity contribution in [3.63, 3.8) is 0 Å². The second-order valence-corrected chi connectivity index (χ2v) is 8.62. The van der Waals surface area contributed by atoms with Crippen molar-refractivity contribution in [2.45, 2.75) is 32.7 Å². The topological polar surface area (TPSA) is 83.4 Å². The number of aromatic nitrogens is 2. The molecule has 7 heteroatoms. The molecular formula is C23H21N3O3S. The molecule has 0 aliphatic carbocycles. The SMILES string of the molecule is Cc1nnc(N2C(=O)C(=O)C(=C(O)c3ccccc3)[C@H]2c2ccc(C(C)C)cc2)s1. The summed E-state index contributed by atoms with van der Waals surface area (Å²) in [6, 6.07) is 15.7. The van der Waals surface area contributed by atoms with Gasteiger partial charge in [-0.15, -0.1) is 10.2 Å². The van der Waals surface area contributed by atoms with Gasteiger partial charge in [0.25, 0.3) is 5.78 Å². The average molecular weight is 420 g/mol. The molecule has 0 unspecified atom stereocenters. The van der Waals surface area contributed by atoms with Gasteiger partial charge in [0, 0.05) is 5.56 Å². The standard InChI is InChI=1S/C23H21N3O3S/c1-13(2)15-9-11-16(12-10-15)19-18(20(27)17-7-5-4-6-8-17)21(28)22(29)26(19)23-25-24-14(3)30-23/h4-13,19,27H,1-3H3/t19-/m1/s1. The van der Waals surface area contributed by atoms with Crippen LogP contribution in [0.15, 0.2) is 60.2 Å². The van der Waals surface area contributed by atoms with E-state index in [1.165, 1.54) is 16.2 Å². The van der Waals surface area contributed by atoms with Crippen LogP contribution in [0.5, 0.6) is 0 Å². The lowest BCUT2D eigenvalue weighted by molar-refractivity contribution is -0.132. The maximum absolute atomic E-state index is 13.0. The van der Waals surface area contributed by atoms with Crippen molar-refractivity contribution in [1.82, 2.24) is 10.2 Å². The predicted molar refractivity (Wildman–Crippen MR) is 116 cm³/mol. The Balaban J connectivity index is 1.91. The van der Waals surface area contributed by atoms with E-state index in [1.807, 2.05) is 30.3 Å². The van der Waals surface area contributed by atoms with Gasteiger partial charge < -0.3 is 5.11 Å². The molecule has 3 aromatic rings. The summed E-state index contributed by atoms with van der Waals surface area (Å²) in [6.07, 6.45) is 0. The van der Waals surface area contributed by atoms with Crippen LogP contribution in [-0.2, 0) is 9.59 Å². The molecule has 1 atom stereocenters. The molecule has 6 nitrogen and oxygen atoms in total. The highest BCUT2D eigenvalue weighted by Gasteiger charge is 2.48. The Labute approximate surface area is 178 Å². The van der Waals surface area contributed by atoms with Crippen LogP contribution in [0.2, 0.25) is 0 Å². The summed E-state index contributed by atoms with van der Waals surface area (Å²) in [5.74, 6) is -1.31. The van der Waals surface area contributed by atoms with Crippen molar-refractivity contribution >= 4 is 33.9 Å². The quantitative estimate of drug-likeness (QED) is 0.380. The Bertz CT molecular complexity index is 1130. The molecule has 4 rings (SSSR count). The number of anilines is 1. The molecular weight excluding hydrogens is 398 g/mol. The van der Waals surface area contributed by atoms with Crippen molar-refractivity contribution in [2.24, 2.45) is 0 Å². The zero-order chi connectivity index (χ0) is 21.4. The largest absolute Gasteiger partial charge is 0.507 e. The number of hydrogen-bond acceptors (Lipinski definition) is 6. The number of Topliss-reactive ketones (excluding diaryl/α,β-unsaturated/α-hetero) is 1. The van der Waals surface area contributed by atoms with Crippen molar-refractivity contribution < 1.29 is 14.7 Å². The lowest BCUT2D eigenvalue weighted by Gasteiger charge is -2.23. The maximum atomic E-state index is 13.0. The van der Waals surface area contributed by atoms with Crippen LogP contribution >= 0.6 is 11.3 Å². The van der Waals surface area contributed by atoms with Crippen molar-refractivity contribution in [3.8, 4) is 0 Å². The van der Waals surface area contributed by atoms with Crippen LogP contribution in [0, 0.1) is 6.92 Å².